The topological polar surface area (TPSA) is 56.8 Å². The summed E-state index contributed by atoms with van der Waals surface area (Å²) in [6.45, 7) is 3.44. The van der Waals surface area contributed by atoms with E-state index in [4.69, 9.17) is 0 Å². The van der Waals surface area contributed by atoms with Crippen LogP contribution >= 0.6 is 0 Å². The SMILES string of the molecule is O=C([C@H](Cc1ccccc1)N(Cc1cccnc1)C(=O)/C=C/c1ccc(C(F)(F)F)cc1)N1CCN(Cc2ccccc2)CC1. The number of amides is 2. The molecule has 1 atom stereocenters. The molecule has 0 saturated carbocycles. The fraction of sp³-hybridized carbons (Fsp3) is 0.250. The number of hydrogen-bond donors (Lipinski definition) is 0. The number of carbonyl (C=O) groups excluding carboxylic acids is 2. The molecular formula is C36H35F3N4O2. The van der Waals surface area contributed by atoms with Crippen molar-refractivity contribution in [2.24, 2.45) is 0 Å². The Labute approximate surface area is 261 Å². The molecule has 45 heavy (non-hydrogen) atoms. The van der Waals surface area contributed by atoms with Gasteiger partial charge in [-0.15, -0.1) is 0 Å². The van der Waals surface area contributed by atoms with Crippen LogP contribution < -0.4 is 0 Å². The van der Waals surface area contributed by atoms with Crippen molar-refractivity contribution in [1.29, 1.82) is 0 Å². The van der Waals surface area contributed by atoms with E-state index in [2.05, 4.69) is 22.0 Å². The molecule has 0 radical (unpaired) electrons. The zero-order valence-electron chi connectivity index (χ0n) is 24.8. The number of alkyl halides is 3. The number of pyridine rings is 1. The number of aromatic nitrogens is 1. The fourth-order valence-corrected chi connectivity index (χ4v) is 5.42. The van der Waals surface area contributed by atoms with Gasteiger partial charge >= 0.3 is 6.18 Å². The zero-order valence-corrected chi connectivity index (χ0v) is 24.8. The van der Waals surface area contributed by atoms with Gasteiger partial charge in [0.25, 0.3) is 0 Å². The summed E-state index contributed by atoms with van der Waals surface area (Å²) < 4.78 is 39.1. The van der Waals surface area contributed by atoms with Gasteiger partial charge in [-0.1, -0.05) is 78.9 Å². The van der Waals surface area contributed by atoms with Crippen molar-refractivity contribution in [1.82, 2.24) is 19.7 Å². The van der Waals surface area contributed by atoms with Crippen LogP contribution in [0.4, 0.5) is 13.2 Å². The number of nitrogens with zero attached hydrogens (tertiary/aromatic N) is 4. The van der Waals surface area contributed by atoms with Crippen molar-refractivity contribution < 1.29 is 22.8 Å². The monoisotopic (exact) mass is 612 g/mol. The second-order valence-corrected chi connectivity index (χ2v) is 11.1. The van der Waals surface area contributed by atoms with Gasteiger partial charge in [-0.2, -0.15) is 13.2 Å². The summed E-state index contributed by atoms with van der Waals surface area (Å²) in [6, 6.07) is 27.2. The molecule has 1 aliphatic heterocycles. The number of hydrogen-bond acceptors (Lipinski definition) is 4. The van der Waals surface area contributed by atoms with Gasteiger partial charge in [-0.05, 0) is 46.5 Å². The van der Waals surface area contributed by atoms with Gasteiger partial charge in [-0.25, -0.2) is 0 Å². The predicted molar refractivity (Wildman–Crippen MR) is 167 cm³/mol. The Morgan fingerprint density at radius 1 is 0.800 bits per heavy atom. The van der Waals surface area contributed by atoms with Gasteiger partial charge in [0.1, 0.15) is 6.04 Å². The minimum absolute atomic E-state index is 0.140. The summed E-state index contributed by atoms with van der Waals surface area (Å²) in [6.07, 6.45) is 1.96. The van der Waals surface area contributed by atoms with Crippen LogP contribution in [0.2, 0.25) is 0 Å². The molecule has 9 heteroatoms. The lowest BCUT2D eigenvalue weighted by Gasteiger charge is -2.39. The van der Waals surface area contributed by atoms with Crippen LogP contribution in [0.1, 0.15) is 27.8 Å². The average Bonchev–Trinajstić information content (AvgIpc) is 3.06. The number of halogens is 3. The minimum atomic E-state index is -4.45. The Morgan fingerprint density at radius 3 is 2.02 bits per heavy atom. The van der Waals surface area contributed by atoms with Crippen molar-refractivity contribution in [2.45, 2.75) is 31.7 Å². The second kappa shape index (κ2) is 14.8. The lowest BCUT2D eigenvalue weighted by atomic mass is 10.0. The van der Waals surface area contributed by atoms with Crippen molar-refractivity contribution in [3.05, 3.63) is 143 Å². The van der Waals surface area contributed by atoms with Crippen molar-refractivity contribution >= 4 is 17.9 Å². The van der Waals surface area contributed by atoms with Crippen LogP contribution in [0, 0.1) is 0 Å². The molecule has 3 aromatic carbocycles. The summed E-state index contributed by atoms with van der Waals surface area (Å²) in [4.78, 5) is 38.0. The van der Waals surface area contributed by atoms with Crippen molar-refractivity contribution in [3.8, 4) is 0 Å². The summed E-state index contributed by atoms with van der Waals surface area (Å²) in [5, 5.41) is 0. The minimum Gasteiger partial charge on any atom is -0.338 e. The Hall–Kier alpha value is -4.76. The van der Waals surface area contributed by atoms with E-state index < -0.39 is 23.7 Å². The van der Waals surface area contributed by atoms with Gasteiger partial charge in [0, 0.05) is 64.2 Å². The first-order valence-corrected chi connectivity index (χ1v) is 14.9. The standard InChI is InChI=1S/C36H35F3N4O2/c37-36(38,39)32-16-13-28(14-17-32)15-18-34(44)43(27-31-12-7-19-40-25-31)33(24-29-8-3-1-4-9-29)35(45)42-22-20-41(21-23-42)26-30-10-5-2-6-11-30/h1-19,25,33H,20-24,26-27H2/b18-15+/t33-/m0/s1. The molecule has 1 aromatic heterocycles. The third-order valence-corrected chi connectivity index (χ3v) is 7.88. The van der Waals surface area contributed by atoms with E-state index in [0.29, 0.717) is 38.2 Å². The highest BCUT2D eigenvalue weighted by atomic mass is 19.4. The van der Waals surface area contributed by atoms with Crippen LogP contribution in [-0.4, -0.2) is 63.7 Å². The van der Waals surface area contributed by atoms with Gasteiger partial charge in [0.05, 0.1) is 5.56 Å². The molecule has 4 aromatic rings. The molecule has 5 rings (SSSR count). The molecule has 0 spiro atoms. The number of piperazine rings is 1. The molecule has 6 nitrogen and oxygen atoms in total. The smallest absolute Gasteiger partial charge is 0.338 e. The maximum atomic E-state index is 14.3. The van der Waals surface area contributed by atoms with E-state index >= 15 is 0 Å². The van der Waals surface area contributed by atoms with Crippen LogP contribution in [-0.2, 0) is 35.3 Å². The molecule has 0 bridgehead atoms. The lowest BCUT2D eigenvalue weighted by Crippen LogP contribution is -2.56. The summed E-state index contributed by atoms with van der Waals surface area (Å²) in [5.74, 6) is -0.561. The lowest BCUT2D eigenvalue weighted by molar-refractivity contribution is -0.145. The molecule has 1 fully saturated rings. The number of benzene rings is 3. The molecular weight excluding hydrogens is 577 g/mol. The second-order valence-electron chi connectivity index (χ2n) is 11.1. The average molecular weight is 613 g/mol. The van der Waals surface area contributed by atoms with E-state index in [1.165, 1.54) is 29.8 Å². The number of rotatable bonds is 10. The molecule has 0 aliphatic carbocycles. The van der Waals surface area contributed by atoms with E-state index in [9.17, 15) is 22.8 Å². The van der Waals surface area contributed by atoms with E-state index in [1.54, 1.807) is 23.4 Å². The first-order chi connectivity index (χ1) is 21.8. The normalized spacial score (nSPS) is 14.8. The maximum absolute atomic E-state index is 14.3. The summed E-state index contributed by atoms with van der Waals surface area (Å²) in [5.41, 5.74) is 2.56. The van der Waals surface area contributed by atoms with Crippen LogP contribution in [0.5, 0.6) is 0 Å². The summed E-state index contributed by atoms with van der Waals surface area (Å²) in [7, 11) is 0. The third-order valence-electron chi connectivity index (χ3n) is 7.88. The molecule has 0 N–H and O–H groups in total. The maximum Gasteiger partial charge on any atom is 0.416 e. The Kier molecular flexibility index (Phi) is 10.4. The van der Waals surface area contributed by atoms with E-state index in [1.807, 2.05) is 59.5 Å². The number of carbonyl (C=O) groups is 2. The van der Waals surface area contributed by atoms with Crippen LogP contribution in [0.15, 0.2) is 116 Å². The van der Waals surface area contributed by atoms with E-state index in [0.717, 1.165) is 29.8 Å². The van der Waals surface area contributed by atoms with Gasteiger partial charge in [-0.3, -0.25) is 19.5 Å². The van der Waals surface area contributed by atoms with Crippen LogP contribution in [0.3, 0.4) is 0 Å². The Bertz CT molecular complexity index is 1560. The largest absolute Gasteiger partial charge is 0.416 e. The Balaban J connectivity index is 1.39. The first-order valence-electron chi connectivity index (χ1n) is 14.9. The van der Waals surface area contributed by atoms with Gasteiger partial charge in [0.15, 0.2) is 0 Å². The predicted octanol–water partition coefficient (Wildman–Crippen LogP) is 6.10. The van der Waals surface area contributed by atoms with Gasteiger partial charge < -0.3 is 9.80 Å². The third kappa shape index (κ3) is 8.89. The first kappa shape index (κ1) is 31.7. The quantitative estimate of drug-likeness (QED) is 0.203. The highest BCUT2D eigenvalue weighted by molar-refractivity contribution is 5.95. The van der Waals surface area contributed by atoms with Crippen LogP contribution in [0.25, 0.3) is 6.08 Å². The van der Waals surface area contributed by atoms with Crippen molar-refractivity contribution in [3.63, 3.8) is 0 Å². The Morgan fingerprint density at radius 2 is 1.42 bits per heavy atom. The highest BCUT2D eigenvalue weighted by Crippen LogP contribution is 2.29. The molecule has 2 amide bonds. The van der Waals surface area contributed by atoms with Crippen molar-refractivity contribution in [2.75, 3.05) is 26.2 Å². The van der Waals surface area contributed by atoms with E-state index in [-0.39, 0.29) is 12.5 Å². The fourth-order valence-electron chi connectivity index (χ4n) is 5.42. The molecule has 1 aliphatic rings. The zero-order chi connectivity index (χ0) is 31.6. The molecule has 0 unspecified atom stereocenters. The summed E-state index contributed by atoms with van der Waals surface area (Å²) >= 11 is 0. The molecule has 232 valence electrons. The highest BCUT2D eigenvalue weighted by Gasteiger charge is 2.34. The molecule has 1 saturated heterocycles. The molecule has 2 heterocycles. The van der Waals surface area contributed by atoms with Gasteiger partial charge in [0.2, 0.25) is 11.8 Å².